The topological polar surface area (TPSA) is 176 Å². The van der Waals surface area contributed by atoms with Crippen molar-refractivity contribution in [3.05, 3.63) is 150 Å². The molecule has 80 heavy (non-hydrogen) atoms. The molecule has 6 unspecified atom stereocenters. The molecular weight excluding hydrogens is 1020 g/mol. The molecule has 0 saturated heterocycles. The minimum absolute atomic E-state index is 0.0524. The number of benzene rings is 3. The summed E-state index contributed by atoms with van der Waals surface area (Å²) in [6, 6.07) is 23.3. The second-order valence-electron chi connectivity index (χ2n) is 19.0. The second kappa shape index (κ2) is 43.4. The summed E-state index contributed by atoms with van der Waals surface area (Å²) in [6.07, 6.45) is 29.1. The highest BCUT2D eigenvalue weighted by Gasteiger charge is 2.15. The Morgan fingerprint density at radius 3 is 1.12 bits per heavy atom. The average Bonchev–Trinajstić information content (AvgIpc) is 3.42. The molecule has 0 bridgehead atoms. The summed E-state index contributed by atoms with van der Waals surface area (Å²) in [5.74, 6) is -0.250. The van der Waals surface area contributed by atoms with Crippen LogP contribution in [0.15, 0.2) is 127 Å². The third kappa shape index (κ3) is 36.6. The SMILES string of the molecule is CCC(CCCC(C)OC(=O)/C=C/C=C/c1cc(OC)ccc1C)OC(C)=O.CCC(CCCC(C)OC(=O)/C=C/C=C/c1ccc(OC)cc1)OC(C)=O.CCC(CCCC(C)OC(=O)/C=C/C=C/c1ccccc1)OC(C)=O. The van der Waals surface area contributed by atoms with Crippen molar-refractivity contribution >= 4 is 54.0 Å². The number of rotatable bonds is 32. The molecule has 0 N–H and O–H groups in total. The molecule has 0 aliphatic carbocycles. The number of carbonyl (C=O) groups is 6. The molecule has 3 rings (SSSR count). The summed E-state index contributed by atoms with van der Waals surface area (Å²) in [7, 11) is 3.26. The van der Waals surface area contributed by atoms with Gasteiger partial charge in [0.1, 0.15) is 29.8 Å². The zero-order chi connectivity index (χ0) is 59.5. The van der Waals surface area contributed by atoms with Gasteiger partial charge in [0.2, 0.25) is 0 Å². The van der Waals surface area contributed by atoms with Crippen molar-refractivity contribution in [1.82, 2.24) is 0 Å². The largest absolute Gasteiger partial charge is 0.497 e. The third-order valence-corrected chi connectivity index (χ3v) is 12.0. The van der Waals surface area contributed by atoms with Crippen molar-refractivity contribution in [3.8, 4) is 11.5 Å². The molecule has 0 spiro atoms. The lowest BCUT2D eigenvalue weighted by Gasteiger charge is -2.16. The number of hydrogen-bond acceptors (Lipinski definition) is 14. The Labute approximate surface area is 477 Å². The van der Waals surface area contributed by atoms with Gasteiger partial charge in [-0.1, -0.05) is 124 Å². The summed E-state index contributed by atoms with van der Waals surface area (Å²) in [6.45, 7) is 17.9. The summed E-state index contributed by atoms with van der Waals surface area (Å²) >= 11 is 0. The fourth-order valence-electron chi connectivity index (χ4n) is 7.63. The predicted octanol–water partition coefficient (Wildman–Crippen LogP) is 14.4. The minimum atomic E-state index is -0.369. The molecule has 14 nitrogen and oxygen atoms in total. The van der Waals surface area contributed by atoms with Gasteiger partial charge in [0.15, 0.2) is 0 Å². The Hall–Kier alpha value is -7.48. The molecule has 14 heteroatoms. The van der Waals surface area contributed by atoms with Crippen molar-refractivity contribution in [1.29, 1.82) is 0 Å². The molecule has 0 aliphatic rings. The highest BCUT2D eigenvalue weighted by Crippen LogP contribution is 2.19. The van der Waals surface area contributed by atoms with Gasteiger partial charge in [0.25, 0.3) is 0 Å². The number of aryl methyl sites for hydroxylation is 1. The number of ether oxygens (including phenoxy) is 8. The molecule has 0 aromatic heterocycles. The molecule has 3 aromatic carbocycles. The molecule has 0 aliphatic heterocycles. The van der Waals surface area contributed by atoms with Crippen molar-refractivity contribution in [3.63, 3.8) is 0 Å². The maximum atomic E-state index is 11.9. The van der Waals surface area contributed by atoms with Crippen LogP contribution in [0.1, 0.15) is 162 Å². The first kappa shape index (κ1) is 70.5. The van der Waals surface area contributed by atoms with E-state index in [-0.39, 0.29) is 72.4 Å². The van der Waals surface area contributed by atoms with Crippen LogP contribution in [0.4, 0.5) is 0 Å². The van der Waals surface area contributed by atoms with Crippen molar-refractivity contribution in [2.45, 2.75) is 183 Å². The van der Waals surface area contributed by atoms with Gasteiger partial charge in [-0.15, -0.1) is 0 Å². The molecule has 0 fully saturated rings. The average molecular weight is 1110 g/mol. The lowest BCUT2D eigenvalue weighted by molar-refractivity contribution is -0.148. The van der Waals surface area contributed by atoms with Gasteiger partial charge in [-0.3, -0.25) is 14.4 Å². The molecule has 6 atom stereocenters. The van der Waals surface area contributed by atoms with Crippen LogP contribution in [-0.2, 0) is 57.2 Å². The number of hydrogen-bond donors (Lipinski definition) is 0. The number of esters is 6. The van der Waals surface area contributed by atoms with E-state index < -0.39 is 0 Å². The fourth-order valence-corrected chi connectivity index (χ4v) is 7.63. The van der Waals surface area contributed by atoms with E-state index >= 15 is 0 Å². The first-order valence-electron chi connectivity index (χ1n) is 27.8. The number of methoxy groups -OCH3 is 2. The smallest absolute Gasteiger partial charge is 0.331 e. The van der Waals surface area contributed by atoms with Gasteiger partial charge in [-0.2, -0.15) is 0 Å². The monoisotopic (exact) mass is 1110 g/mol. The highest BCUT2D eigenvalue weighted by atomic mass is 16.6. The van der Waals surface area contributed by atoms with E-state index in [0.717, 1.165) is 111 Å². The number of carbonyl (C=O) groups excluding carboxylic acids is 6. The van der Waals surface area contributed by atoms with Crippen LogP contribution in [0.5, 0.6) is 11.5 Å². The predicted molar refractivity (Wildman–Crippen MR) is 317 cm³/mol. The summed E-state index contributed by atoms with van der Waals surface area (Å²) < 4.78 is 42.0. The molecule has 0 amide bonds. The fraction of sp³-hybridized carbons (Fsp3) is 0.455. The van der Waals surface area contributed by atoms with Crippen LogP contribution in [0.25, 0.3) is 18.2 Å². The van der Waals surface area contributed by atoms with E-state index in [0.29, 0.717) is 0 Å². The molecule has 438 valence electrons. The van der Waals surface area contributed by atoms with E-state index in [1.54, 1.807) is 44.6 Å². The Kier molecular flexibility index (Phi) is 38.3. The van der Waals surface area contributed by atoms with Crippen molar-refractivity contribution in [2.24, 2.45) is 0 Å². The van der Waals surface area contributed by atoms with Gasteiger partial charge >= 0.3 is 35.8 Å². The maximum absolute atomic E-state index is 11.9. The summed E-state index contributed by atoms with van der Waals surface area (Å²) in [5.41, 5.74) is 4.25. The highest BCUT2D eigenvalue weighted by molar-refractivity contribution is 5.83. The summed E-state index contributed by atoms with van der Waals surface area (Å²) in [4.78, 5) is 68.4. The lowest BCUT2D eigenvalue weighted by atomic mass is 10.1. The lowest BCUT2D eigenvalue weighted by Crippen LogP contribution is -2.17. The maximum Gasteiger partial charge on any atom is 0.331 e. The van der Waals surface area contributed by atoms with Gasteiger partial charge < -0.3 is 37.9 Å². The van der Waals surface area contributed by atoms with E-state index in [1.165, 1.54) is 39.0 Å². The first-order chi connectivity index (χ1) is 38.3. The quantitative estimate of drug-likeness (QED) is 0.0250. The van der Waals surface area contributed by atoms with E-state index in [2.05, 4.69) is 0 Å². The van der Waals surface area contributed by atoms with Crippen LogP contribution >= 0.6 is 0 Å². The first-order valence-corrected chi connectivity index (χ1v) is 27.8. The number of allylic oxidation sites excluding steroid dienone is 6. The van der Waals surface area contributed by atoms with Crippen molar-refractivity contribution < 1.29 is 66.7 Å². The third-order valence-electron chi connectivity index (χ3n) is 12.0. The molecule has 0 heterocycles. The van der Waals surface area contributed by atoms with Crippen LogP contribution in [-0.4, -0.2) is 86.7 Å². The Bertz CT molecular complexity index is 2430. The molecule has 0 saturated carbocycles. The normalized spacial score (nSPS) is 13.6. The van der Waals surface area contributed by atoms with E-state index in [9.17, 15) is 28.8 Å². The molecule has 3 aromatic rings. The Morgan fingerprint density at radius 2 is 0.775 bits per heavy atom. The zero-order valence-electron chi connectivity index (χ0n) is 49.5. The van der Waals surface area contributed by atoms with Crippen LogP contribution in [0, 0.1) is 6.92 Å². The van der Waals surface area contributed by atoms with Gasteiger partial charge in [-0.25, -0.2) is 14.4 Å². The molecular formula is C66H90O14. The van der Waals surface area contributed by atoms with Gasteiger partial charge in [0.05, 0.1) is 32.5 Å². The van der Waals surface area contributed by atoms with E-state index in [4.69, 9.17) is 37.9 Å². The van der Waals surface area contributed by atoms with Gasteiger partial charge in [0, 0.05) is 39.0 Å². The molecule has 0 radical (unpaired) electrons. The second-order valence-corrected chi connectivity index (χ2v) is 19.0. The zero-order valence-corrected chi connectivity index (χ0v) is 49.5. The van der Waals surface area contributed by atoms with Crippen molar-refractivity contribution in [2.75, 3.05) is 14.2 Å². The van der Waals surface area contributed by atoms with Gasteiger partial charge in [-0.05, 0) is 151 Å². The van der Waals surface area contributed by atoms with Crippen LogP contribution in [0.3, 0.4) is 0 Å². The Morgan fingerprint density at radius 1 is 0.425 bits per heavy atom. The van der Waals surface area contributed by atoms with Crippen LogP contribution < -0.4 is 9.47 Å². The van der Waals surface area contributed by atoms with Crippen LogP contribution in [0.2, 0.25) is 0 Å². The van der Waals surface area contributed by atoms with E-state index in [1.807, 2.05) is 146 Å². The Balaban J connectivity index is 0.000000601. The summed E-state index contributed by atoms with van der Waals surface area (Å²) in [5, 5.41) is 0. The minimum Gasteiger partial charge on any atom is -0.497 e. The standard InChI is InChI=1S/C23H32O5.C22H30O5.C21H28O4/c1-6-21(28-19(4)24)12-9-10-18(3)27-23(25)13-8-7-11-20-16-22(26-5)15-14-17(20)2;1-5-20(27-18(3)23)11-8-9-17(2)26-22(24)12-7-6-10-19-13-15-21(25-4)16-14-19;1-4-20(25-18(3)22)15-10-11-17(2)24-21(23)16-9-8-14-19-12-6-5-7-13-19/h7-8,11,13-16,18,21H,6,9-10,12H2,1-5H3;6-7,10,12-17,20H,5,8-9,11H2,1-4H3;5-9,12-14,16-17,20H,4,10-11,15H2,1-3H3/b11-7+,13-8+;10-6+,12-7+;14-8+,16-9+.